The Morgan fingerprint density at radius 3 is 2.62 bits per heavy atom. The fraction of sp³-hybridized carbons (Fsp3) is 0.333. The van der Waals surface area contributed by atoms with Crippen LogP contribution in [-0.4, -0.2) is 36.4 Å². The summed E-state index contributed by atoms with van der Waals surface area (Å²) in [5, 5.41) is 2.32. The first-order chi connectivity index (χ1) is 11.5. The van der Waals surface area contributed by atoms with Crippen LogP contribution in [0.1, 0.15) is 18.4 Å². The van der Waals surface area contributed by atoms with Gasteiger partial charge in [-0.25, -0.2) is 0 Å². The minimum absolute atomic E-state index is 0.0583. The molecule has 6 heteroatoms. The zero-order valence-corrected chi connectivity index (χ0v) is 14.0. The molecule has 0 radical (unpaired) electrons. The van der Waals surface area contributed by atoms with Crippen molar-refractivity contribution in [1.29, 1.82) is 0 Å². The number of hydrogen-bond donors (Lipinski definition) is 3. The molecule has 0 spiro atoms. The van der Waals surface area contributed by atoms with Gasteiger partial charge < -0.3 is 22.1 Å². The number of amides is 1. The van der Waals surface area contributed by atoms with Crippen molar-refractivity contribution in [3.8, 4) is 0 Å². The van der Waals surface area contributed by atoms with Crippen molar-refractivity contribution < 1.29 is 4.79 Å². The Balaban J connectivity index is 1.96. The van der Waals surface area contributed by atoms with E-state index in [-0.39, 0.29) is 11.9 Å². The van der Waals surface area contributed by atoms with Crippen LogP contribution >= 0.6 is 0 Å². The van der Waals surface area contributed by atoms with Crippen molar-refractivity contribution in [3.63, 3.8) is 0 Å². The second kappa shape index (κ2) is 8.31. The van der Waals surface area contributed by atoms with Crippen LogP contribution in [0.4, 0.5) is 0 Å². The van der Waals surface area contributed by atoms with Gasteiger partial charge in [0, 0.05) is 20.1 Å². The van der Waals surface area contributed by atoms with Gasteiger partial charge in [-0.15, -0.1) is 0 Å². The molecule has 0 bridgehead atoms. The van der Waals surface area contributed by atoms with Crippen molar-refractivity contribution >= 4 is 22.6 Å². The van der Waals surface area contributed by atoms with E-state index in [1.165, 1.54) is 0 Å². The number of rotatable bonds is 7. The van der Waals surface area contributed by atoms with Gasteiger partial charge in [-0.3, -0.25) is 9.79 Å². The zero-order chi connectivity index (χ0) is 17.5. The monoisotopic (exact) mass is 327 g/mol. The number of nitrogens with zero attached hydrogens (tertiary/aromatic N) is 2. The molecule has 2 aromatic carbocycles. The number of benzene rings is 2. The Hall–Kier alpha value is -2.60. The third kappa shape index (κ3) is 4.70. The van der Waals surface area contributed by atoms with E-state index in [2.05, 4.69) is 23.2 Å². The third-order valence-corrected chi connectivity index (χ3v) is 3.95. The van der Waals surface area contributed by atoms with Gasteiger partial charge in [-0.05, 0) is 29.2 Å². The first-order valence-electron chi connectivity index (χ1n) is 8.01. The lowest BCUT2D eigenvalue weighted by molar-refractivity contribution is -0.131. The Labute approximate surface area is 142 Å². The molecular weight excluding hydrogens is 302 g/mol. The quantitative estimate of drug-likeness (QED) is 0.403. The lowest BCUT2D eigenvalue weighted by atomic mass is 10.0. The van der Waals surface area contributed by atoms with Gasteiger partial charge in [0.1, 0.15) is 0 Å². The van der Waals surface area contributed by atoms with Crippen LogP contribution in [0, 0.1) is 0 Å². The van der Waals surface area contributed by atoms with E-state index < -0.39 is 6.04 Å². The SMILES string of the molecule is CN(Cc1cccc2ccccc12)C(=O)[C@@H](N)CCCN=C(N)N. The largest absolute Gasteiger partial charge is 0.370 e. The molecule has 0 aliphatic rings. The normalized spacial score (nSPS) is 11.9. The molecule has 2 rings (SSSR count). The Morgan fingerprint density at radius 2 is 1.88 bits per heavy atom. The maximum atomic E-state index is 12.4. The van der Waals surface area contributed by atoms with Gasteiger partial charge in [0.15, 0.2) is 5.96 Å². The van der Waals surface area contributed by atoms with Crippen LogP contribution in [0.25, 0.3) is 10.8 Å². The van der Waals surface area contributed by atoms with Gasteiger partial charge in [-0.2, -0.15) is 0 Å². The van der Waals surface area contributed by atoms with Crippen LogP contribution in [0.2, 0.25) is 0 Å². The van der Waals surface area contributed by atoms with Crippen molar-refractivity contribution in [3.05, 3.63) is 48.0 Å². The summed E-state index contributed by atoms with van der Waals surface area (Å²) in [6.07, 6.45) is 1.22. The molecule has 0 heterocycles. The van der Waals surface area contributed by atoms with E-state index in [1.807, 2.05) is 24.3 Å². The van der Waals surface area contributed by atoms with Crippen LogP contribution in [0.3, 0.4) is 0 Å². The molecule has 0 saturated carbocycles. The van der Waals surface area contributed by atoms with Gasteiger partial charge in [0.2, 0.25) is 5.91 Å². The predicted molar refractivity (Wildman–Crippen MR) is 98.3 cm³/mol. The summed E-state index contributed by atoms with van der Waals surface area (Å²) in [6, 6.07) is 13.7. The summed E-state index contributed by atoms with van der Waals surface area (Å²) in [5.41, 5.74) is 17.6. The standard InChI is InChI=1S/C18H25N5O/c1-23(17(24)16(19)10-5-11-22-18(20)21)12-14-8-4-7-13-6-2-3-9-15(13)14/h2-4,6-9,16H,5,10-12,19H2,1H3,(H4,20,21,22)/t16-/m0/s1. The average Bonchev–Trinajstić information content (AvgIpc) is 2.58. The van der Waals surface area contributed by atoms with E-state index in [4.69, 9.17) is 17.2 Å². The topological polar surface area (TPSA) is 111 Å². The van der Waals surface area contributed by atoms with Crippen LogP contribution in [0.5, 0.6) is 0 Å². The average molecular weight is 327 g/mol. The number of hydrogen-bond acceptors (Lipinski definition) is 3. The van der Waals surface area contributed by atoms with E-state index in [9.17, 15) is 4.79 Å². The Bertz CT molecular complexity index is 719. The first-order valence-corrected chi connectivity index (χ1v) is 8.01. The zero-order valence-electron chi connectivity index (χ0n) is 14.0. The molecule has 0 unspecified atom stereocenters. The Kier molecular flexibility index (Phi) is 6.14. The van der Waals surface area contributed by atoms with E-state index >= 15 is 0 Å². The minimum atomic E-state index is -0.542. The van der Waals surface area contributed by atoms with Crippen LogP contribution in [-0.2, 0) is 11.3 Å². The molecule has 0 fully saturated rings. The molecular formula is C18H25N5O. The molecule has 1 amide bonds. The number of aliphatic imine (C=N–C) groups is 1. The van der Waals surface area contributed by atoms with E-state index in [1.54, 1.807) is 11.9 Å². The number of fused-ring (bicyclic) bond motifs is 1. The number of likely N-dealkylation sites (N-methyl/N-ethyl adjacent to an activating group) is 1. The molecule has 0 saturated heterocycles. The highest BCUT2D eigenvalue weighted by Gasteiger charge is 2.18. The van der Waals surface area contributed by atoms with E-state index in [0.29, 0.717) is 25.9 Å². The van der Waals surface area contributed by atoms with Crippen molar-refractivity contribution in [2.75, 3.05) is 13.6 Å². The summed E-state index contributed by atoms with van der Waals surface area (Å²) < 4.78 is 0. The second-order valence-electron chi connectivity index (χ2n) is 5.89. The highest BCUT2D eigenvalue weighted by molar-refractivity contribution is 5.86. The summed E-state index contributed by atoms with van der Waals surface area (Å²) in [7, 11) is 1.78. The fourth-order valence-corrected chi connectivity index (χ4v) is 2.69. The number of carbonyl (C=O) groups excluding carboxylic acids is 1. The van der Waals surface area contributed by atoms with Crippen LogP contribution < -0.4 is 17.2 Å². The molecule has 24 heavy (non-hydrogen) atoms. The summed E-state index contributed by atoms with van der Waals surface area (Å²) in [6.45, 7) is 1.01. The molecule has 0 aromatic heterocycles. The second-order valence-corrected chi connectivity index (χ2v) is 5.89. The smallest absolute Gasteiger partial charge is 0.239 e. The number of guanidine groups is 1. The maximum Gasteiger partial charge on any atom is 0.239 e. The molecule has 6 N–H and O–H groups in total. The third-order valence-electron chi connectivity index (χ3n) is 3.95. The van der Waals surface area contributed by atoms with Crippen molar-refractivity contribution in [2.45, 2.75) is 25.4 Å². The predicted octanol–water partition coefficient (Wildman–Crippen LogP) is 1.18. The maximum absolute atomic E-state index is 12.4. The highest BCUT2D eigenvalue weighted by Crippen LogP contribution is 2.19. The lowest BCUT2D eigenvalue weighted by Gasteiger charge is -2.22. The lowest BCUT2D eigenvalue weighted by Crippen LogP contribution is -2.41. The highest BCUT2D eigenvalue weighted by atomic mass is 16.2. The molecule has 0 aliphatic carbocycles. The number of carbonyl (C=O) groups is 1. The molecule has 2 aromatic rings. The van der Waals surface area contributed by atoms with Crippen molar-refractivity contribution in [1.82, 2.24) is 4.90 Å². The van der Waals surface area contributed by atoms with E-state index in [0.717, 1.165) is 16.3 Å². The minimum Gasteiger partial charge on any atom is -0.370 e. The molecule has 1 atom stereocenters. The van der Waals surface area contributed by atoms with Crippen LogP contribution in [0.15, 0.2) is 47.5 Å². The van der Waals surface area contributed by atoms with Gasteiger partial charge in [0.25, 0.3) is 0 Å². The van der Waals surface area contributed by atoms with Gasteiger partial charge in [0.05, 0.1) is 6.04 Å². The van der Waals surface area contributed by atoms with Gasteiger partial charge in [-0.1, -0.05) is 42.5 Å². The van der Waals surface area contributed by atoms with Gasteiger partial charge >= 0.3 is 0 Å². The molecule has 0 aliphatic heterocycles. The first kappa shape index (κ1) is 17.7. The molecule has 128 valence electrons. The summed E-state index contributed by atoms with van der Waals surface area (Å²) in [4.78, 5) is 18.0. The Morgan fingerprint density at radius 1 is 1.17 bits per heavy atom. The molecule has 6 nitrogen and oxygen atoms in total. The van der Waals surface area contributed by atoms with Crippen molar-refractivity contribution in [2.24, 2.45) is 22.2 Å². The number of nitrogens with two attached hydrogens (primary N) is 3. The summed E-state index contributed by atoms with van der Waals surface area (Å²) in [5.74, 6) is -0.0180. The fourth-order valence-electron chi connectivity index (χ4n) is 2.69. The summed E-state index contributed by atoms with van der Waals surface area (Å²) >= 11 is 0.